The van der Waals surface area contributed by atoms with Gasteiger partial charge in [0, 0.05) is 12.1 Å². The summed E-state index contributed by atoms with van der Waals surface area (Å²) >= 11 is 0. The predicted octanol–water partition coefficient (Wildman–Crippen LogP) is 13.6. The van der Waals surface area contributed by atoms with Gasteiger partial charge in [-0.25, -0.2) is 0 Å². The molecule has 20 atom stereocenters. The summed E-state index contributed by atoms with van der Waals surface area (Å²) in [5.74, 6) is 15.0. The zero-order chi connectivity index (χ0) is 37.3. The molecule has 2 nitrogen and oxygen atoms in total. The van der Waals surface area contributed by atoms with Crippen LogP contribution in [0.3, 0.4) is 0 Å². The summed E-state index contributed by atoms with van der Waals surface area (Å²) < 4.78 is 0. The smallest absolute Gasteiger partial charge is 0.0609 e. The number of fused-ring (bicyclic) bond motifs is 5. The van der Waals surface area contributed by atoms with E-state index in [-0.39, 0.29) is 0 Å². The van der Waals surface area contributed by atoms with Crippen LogP contribution in [0.25, 0.3) is 0 Å². The molecule has 0 amide bonds. The Bertz CT molecular complexity index is 1370. The van der Waals surface area contributed by atoms with Gasteiger partial charge in [0.05, 0.1) is 6.17 Å². The second kappa shape index (κ2) is 16.1. The molecule has 0 aromatic rings. The monoisotopic (exact) mass is 751 g/mol. The Kier molecular flexibility index (Phi) is 11.3. The molecule has 2 N–H and O–H groups in total. The van der Waals surface area contributed by atoms with Crippen LogP contribution in [0.15, 0.2) is 24.3 Å². The minimum atomic E-state index is 0.313. The van der Waals surface area contributed by atoms with Crippen LogP contribution >= 0.6 is 0 Å². The molecule has 1 aliphatic heterocycles. The Morgan fingerprint density at radius 3 is 2.15 bits per heavy atom. The van der Waals surface area contributed by atoms with Crippen LogP contribution in [0.4, 0.5) is 0 Å². The number of nitrogens with two attached hydrogens (primary N) is 1. The number of hydrogen-bond acceptors (Lipinski definition) is 2. The summed E-state index contributed by atoms with van der Waals surface area (Å²) in [6.07, 6.45) is 50.1. The second-order valence-corrected chi connectivity index (χ2v) is 23.3. The number of nitrogens with zero attached hydrogens (tertiary/aromatic N) is 1. The van der Waals surface area contributed by atoms with Gasteiger partial charge in [-0.2, -0.15) is 0 Å². The summed E-state index contributed by atoms with van der Waals surface area (Å²) in [5, 5.41) is 0. The van der Waals surface area contributed by atoms with Gasteiger partial charge >= 0.3 is 0 Å². The Balaban J connectivity index is 0.887. The van der Waals surface area contributed by atoms with Gasteiger partial charge in [0.2, 0.25) is 0 Å². The fourth-order valence-electron chi connectivity index (χ4n) is 19.2. The summed E-state index contributed by atoms with van der Waals surface area (Å²) in [5.41, 5.74) is 8.08. The van der Waals surface area contributed by atoms with E-state index in [1.807, 2.05) is 0 Å². The van der Waals surface area contributed by atoms with E-state index in [2.05, 4.69) is 50.0 Å². The van der Waals surface area contributed by atoms with E-state index in [9.17, 15) is 0 Å². The maximum atomic E-state index is 7.55. The van der Waals surface area contributed by atoms with Crippen molar-refractivity contribution in [2.75, 3.05) is 0 Å². The van der Waals surface area contributed by atoms with Crippen molar-refractivity contribution in [2.24, 2.45) is 106 Å². The van der Waals surface area contributed by atoms with Gasteiger partial charge in [-0.15, -0.1) is 0 Å². The van der Waals surface area contributed by atoms with E-state index in [0.717, 1.165) is 101 Å². The third-order valence-electron chi connectivity index (χ3n) is 21.2. The molecule has 2 heteroatoms. The highest BCUT2D eigenvalue weighted by Crippen LogP contribution is 2.72. The first-order valence-electron chi connectivity index (χ1n) is 25.8. The zero-order valence-corrected chi connectivity index (χ0v) is 36.2. The van der Waals surface area contributed by atoms with E-state index in [1.165, 1.54) is 109 Å². The Labute approximate surface area is 339 Å². The van der Waals surface area contributed by atoms with Gasteiger partial charge in [0.1, 0.15) is 0 Å². The molecule has 55 heavy (non-hydrogen) atoms. The lowest BCUT2D eigenvalue weighted by Gasteiger charge is -2.56. The number of rotatable bonds is 6. The van der Waals surface area contributed by atoms with E-state index in [0.29, 0.717) is 17.5 Å². The maximum absolute atomic E-state index is 7.55. The molecular weight excluding hydrogens is 665 g/mol. The van der Waals surface area contributed by atoms with Crippen molar-refractivity contribution in [2.45, 2.75) is 206 Å². The summed E-state index contributed by atoms with van der Waals surface area (Å²) in [7, 11) is 0. The molecule has 1 saturated heterocycles. The van der Waals surface area contributed by atoms with Gasteiger partial charge in [0.15, 0.2) is 0 Å². The number of hydrogen-bond donors (Lipinski definition) is 1. The van der Waals surface area contributed by atoms with E-state index in [4.69, 9.17) is 5.73 Å². The van der Waals surface area contributed by atoms with Crippen molar-refractivity contribution in [3.8, 4) is 0 Å². The molecule has 0 bridgehead atoms. The fourth-order valence-corrected chi connectivity index (χ4v) is 19.2. The molecule has 8 fully saturated rings. The maximum Gasteiger partial charge on any atom is 0.0609 e. The lowest BCUT2D eigenvalue weighted by molar-refractivity contribution is -0.0537. The van der Waals surface area contributed by atoms with Gasteiger partial charge in [-0.3, -0.25) is 4.90 Å². The van der Waals surface area contributed by atoms with Gasteiger partial charge in [0.25, 0.3) is 0 Å². The molecule has 308 valence electrons. The second-order valence-electron chi connectivity index (χ2n) is 23.3. The Morgan fingerprint density at radius 2 is 1.31 bits per heavy atom. The van der Waals surface area contributed by atoms with Crippen LogP contribution < -0.4 is 5.73 Å². The molecule has 0 aromatic carbocycles. The lowest BCUT2D eigenvalue weighted by atomic mass is 9.48. The topological polar surface area (TPSA) is 29.3 Å². The largest absolute Gasteiger partial charge is 0.315 e. The Morgan fingerprint density at radius 1 is 0.564 bits per heavy atom. The Hall–Kier alpha value is -0.600. The molecule has 0 spiro atoms. The third-order valence-corrected chi connectivity index (χ3v) is 21.2. The van der Waals surface area contributed by atoms with Crippen molar-refractivity contribution in [3.63, 3.8) is 0 Å². The van der Waals surface area contributed by atoms with Crippen molar-refractivity contribution in [1.82, 2.24) is 4.90 Å². The van der Waals surface area contributed by atoms with Crippen molar-refractivity contribution >= 4 is 0 Å². The highest BCUT2D eigenvalue weighted by Gasteiger charge is 2.66. The quantitative estimate of drug-likeness (QED) is 0.274. The molecule has 0 radical (unpaired) electrons. The highest BCUT2D eigenvalue weighted by molar-refractivity contribution is 5.21. The number of likely N-dealkylation sites (tertiary alicyclic amines) is 1. The van der Waals surface area contributed by atoms with E-state index >= 15 is 0 Å². The summed E-state index contributed by atoms with van der Waals surface area (Å²) in [4.78, 5) is 3.06. The van der Waals surface area contributed by atoms with Crippen LogP contribution in [0.2, 0.25) is 0 Å². The molecule has 0 aromatic heterocycles. The zero-order valence-electron chi connectivity index (χ0n) is 36.2. The lowest BCUT2D eigenvalue weighted by Crippen LogP contribution is -2.52. The molecule has 7 saturated carbocycles. The van der Waals surface area contributed by atoms with Gasteiger partial charge in [-0.05, 0) is 209 Å². The summed E-state index contributed by atoms with van der Waals surface area (Å²) in [6.45, 7) is 7.87. The third kappa shape index (κ3) is 6.67. The summed E-state index contributed by atoms with van der Waals surface area (Å²) in [6, 6.07) is 1.54. The molecular formula is C53H86N2. The first-order valence-corrected chi connectivity index (χ1v) is 25.8. The first-order chi connectivity index (χ1) is 26.9. The molecule has 10 aliphatic rings. The van der Waals surface area contributed by atoms with Gasteiger partial charge in [-0.1, -0.05) is 103 Å². The van der Waals surface area contributed by atoms with Crippen LogP contribution in [0.1, 0.15) is 188 Å². The average Bonchev–Trinajstić information content (AvgIpc) is 3.68. The molecule has 9 aliphatic carbocycles. The standard InChI is InChI=1S/C53H86N2/c1-4-44-48-32-40(26-27-51(48)55(52(44)54)43-21-13-17-38(31-43)39-25-24-36-15-8-9-16-37(36)30-39)46-33-50-47(29-35(46)3)45-22-10-11-23-49(45)53(50,41-18-6-5-7-19-41)42-20-12-14-34(2)28-42/h6,12,18,20,34-52H,4-5,7-11,13-17,19,21-33,54H2,1-3H3. The van der Waals surface area contributed by atoms with Crippen molar-refractivity contribution < 1.29 is 0 Å². The SMILES string of the molecule is CCC1C2CC(C3CC4C(CC3C)C3CCCCC3C4(C3C=CCCC3)C3C=CCC(C)C3)CCC2N(C2CCCC(C3CCC4CCCCC4C3)C2)C1N. The van der Waals surface area contributed by atoms with E-state index in [1.54, 1.807) is 57.8 Å². The first kappa shape index (κ1) is 38.6. The number of allylic oxidation sites excluding steroid dienone is 4. The van der Waals surface area contributed by atoms with Crippen LogP contribution in [0.5, 0.6) is 0 Å². The normalized spacial score (nSPS) is 54.3. The van der Waals surface area contributed by atoms with Crippen molar-refractivity contribution in [1.29, 1.82) is 0 Å². The highest BCUT2D eigenvalue weighted by atomic mass is 15.3. The molecule has 1 heterocycles. The molecule has 20 unspecified atom stereocenters. The average molecular weight is 751 g/mol. The minimum absolute atomic E-state index is 0.313. The molecule has 10 rings (SSSR count). The minimum Gasteiger partial charge on any atom is -0.315 e. The van der Waals surface area contributed by atoms with Crippen molar-refractivity contribution in [3.05, 3.63) is 24.3 Å². The van der Waals surface area contributed by atoms with Crippen LogP contribution in [0, 0.1) is 100 Å². The van der Waals surface area contributed by atoms with Gasteiger partial charge < -0.3 is 5.73 Å². The predicted molar refractivity (Wildman–Crippen MR) is 231 cm³/mol. The fraction of sp³-hybridized carbons (Fsp3) is 0.925. The van der Waals surface area contributed by atoms with Crippen LogP contribution in [-0.4, -0.2) is 23.1 Å². The van der Waals surface area contributed by atoms with Crippen LogP contribution in [-0.2, 0) is 0 Å². The van der Waals surface area contributed by atoms with E-state index < -0.39 is 0 Å².